The predicted octanol–water partition coefficient (Wildman–Crippen LogP) is 3.03. The van der Waals surface area contributed by atoms with E-state index >= 15 is 0 Å². The molecule has 1 aliphatic heterocycles. The molecule has 1 atom stereocenters. The Morgan fingerprint density at radius 2 is 2.05 bits per heavy atom. The van der Waals surface area contributed by atoms with Crippen molar-refractivity contribution in [2.45, 2.75) is 58.8 Å². The molecule has 5 heteroatoms. The van der Waals surface area contributed by atoms with Crippen molar-refractivity contribution in [3.63, 3.8) is 0 Å². The van der Waals surface area contributed by atoms with Gasteiger partial charge in [-0.15, -0.1) is 0 Å². The Hall–Kier alpha value is -1.78. The number of rotatable bonds is 5. The Kier molecular flexibility index (Phi) is 5.27. The molecule has 1 saturated heterocycles. The fourth-order valence-electron chi connectivity index (χ4n) is 2.93. The number of hydrogen-bond acceptors (Lipinski definition) is 3. The number of nitrogens with one attached hydrogen (secondary N) is 1. The van der Waals surface area contributed by atoms with E-state index in [1.54, 1.807) is 0 Å². The number of aryl methyl sites for hydroxylation is 1. The molecule has 0 bridgehead atoms. The lowest BCUT2D eigenvalue weighted by molar-refractivity contribution is -0.134. The van der Waals surface area contributed by atoms with Crippen LogP contribution in [0.15, 0.2) is 6.07 Å². The van der Waals surface area contributed by atoms with Gasteiger partial charge in [0.2, 0.25) is 11.8 Å². The summed E-state index contributed by atoms with van der Waals surface area (Å²) >= 11 is 0. The average molecular weight is 306 g/mol. The molecule has 4 nitrogen and oxygen atoms in total. The third-order valence-electron chi connectivity index (χ3n) is 4.53. The highest BCUT2D eigenvalue weighted by atomic mass is 19.1. The summed E-state index contributed by atoms with van der Waals surface area (Å²) < 4.78 is 14.4. The summed E-state index contributed by atoms with van der Waals surface area (Å²) in [7, 11) is 0. The summed E-state index contributed by atoms with van der Waals surface area (Å²) in [5.74, 6) is -1.35. The van der Waals surface area contributed by atoms with E-state index in [0.717, 1.165) is 30.5 Å². The zero-order chi connectivity index (χ0) is 16.3. The highest BCUT2D eigenvalue weighted by Crippen LogP contribution is 2.28. The van der Waals surface area contributed by atoms with Crippen molar-refractivity contribution in [3.8, 4) is 0 Å². The van der Waals surface area contributed by atoms with Gasteiger partial charge in [0.15, 0.2) is 0 Å². The summed E-state index contributed by atoms with van der Waals surface area (Å²) in [6.45, 7) is 6.11. The third kappa shape index (κ3) is 3.51. The number of halogens is 1. The first-order valence-corrected chi connectivity index (χ1v) is 7.95. The van der Waals surface area contributed by atoms with Gasteiger partial charge in [-0.05, 0) is 37.3 Å². The summed E-state index contributed by atoms with van der Waals surface area (Å²) in [6.07, 6.45) is 3.45. The van der Waals surface area contributed by atoms with Crippen LogP contribution >= 0.6 is 0 Å². The van der Waals surface area contributed by atoms with Gasteiger partial charge < -0.3 is 0 Å². The van der Waals surface area contributed by atoms with Crippen LogP contribution in [-0.2, 0) is 16.0 Å². The molecular weight excluding hydrogens is 283 g/mol. The van der Waals surface area contributed by atoms with Crippen LogP contribution < -0.4 is 5.32 Å². The van der Waals surface area contributed by atoms with Gasteiger partial charge in [-0.2, -0.15) is 0 Å². The topological polar surface area (TPSA) is 59.1 Å². The number of aromatic nitrogens is 1. The van der Waals surface area contributed by atoms with Crippen molar-refractivity contribution >= 4 is 11.8 Å². The summed E-state index contributed by atoms with van der Waals surface area (Å²) in [5, 5.41) is 2.26. The number of imide groups is 1. The molecule has 0 spiro atoms. The van der Waals surface area contributed by atoms with Crippen LogP contribution in [0.25, 0.3) is 0 Å². The maximum Gasteiger partial charge on any atom is 0.235 e. The molecule has 2 heterocycles. The molecule has 0 radical (unpaired) electrons. The van der Waals surface area contributed by atoms with Crippen molar-refractivity contribution in [1.82, 2.24) is 10.3 Å². The molecule has 1 aliphatic rings. The molecule has 2 rings (SSSR count). The number of nitrogens with zero attached hydrogens (tertiary/aromatic N) is 1. The fourth-order valence-corrected chi connectivity index (χ4v) is 2.93. The van der Waals surface area contributed by atoms with Crippen molar-refractivity contribution < 1.29 is 14.0 Å². The Bertz CT molecular complexity index is 582. The molecule has 0 aliphatic carbocycles. The van der Waals surface area contributed by atoms with Crippen LogP contribution in [0, 0.1) is 18.7 Å². The SMILES string of the molecule is CCC(CC)Cc1cc(F)c(C2CCC(=O)NC2=O)nc1C. The van der Waals surface area contributed by atoms with E-state index in [1.165, 1.54) is 6.07 Å². The molecule has 1 unspecified atom stereocenters. The van der Waals surface area contributed by atoms with Crippen LogP contribution in [0.3, 0.4) is 0 Å². The molecule has 120 valence electrons. The lowest BCUT2D eigenvalue weighted by atomic mass is 9.90. The van der Waals surface area contributed by atoms with E-state index < -0.39 is 17.6 Å². The second-order valence-electron chi connectivity index (χ2n) is 5.99. The molecule has 22 heavy (non-hydrogen) atoms. The number of amides is 2. The minimum atomic E-state index is -0.668. The molecular formula is C17H23FN2O2. The Labute approximate surface area is 130 Å². The number of hydrogen-bond donors (Lipinski definition) is 1. The van der Waals surface area contributed by atoms with Crippen LogP contribution in [0.5, 0.6) is 0 Å². The number of carbonyl (C=O) groups is 2. The number of carbonyl (C=O) groups excluding carboxylic acids is 2. The molecule has 0 aromatic carbocycles. The van der Waals surface area contributed by atoms with E-state index in [-0.39, 0.29) is 18.0 Å². The normalized spacial score (nSPS) is 18.7. The number of piperidine rings is 1. The van der Waals surface area contributed by atoms with Crippen LogP contribution in [0.1, 0.15) is 62.4 Å². The second kappa shape index (κ2) is 6.99. The van der Waals surface area contributed by atoms with Crippen molar-refractivity contribution in [3.05, 3.63) is 28.8 Å². The van der Waals surface area contributed by atoms with Gasteiger partial charge in [0.1, 0.15) is 5.82 Å². The average Bonchev–Trinajstić information content (AvgIpc) is 2.48. The van der Waals surface area contributed by atoms with E-state index in [9.17, 15) is 14.0 Å². The lowest BCUT2D eigenvalue weighted by Gasteiger charge is -2.22. The van der Waals surface area contributed by atoms with Gasteiger partial charge in [0.05, 0.1) is 11.6 Å². The standard InChI is InChI=1S/C17H23FN2O2/c1-4-11(5-2)8-12-9-14(18)16(19-10(12)3)13-6-7-15(21)20-17(13)22/h9,11,13H,4-8H2,1-3H3,(H,20,21,22). The number of pyridine rings is 1. The Morgan fingerprint density at radius 1 is 1.36 bits per heavy atom. The zero-order valence-electron chi connectivity index (χ0n) is 13.4. The monoisotopic (exact) mass is 306 g/mol. The van der Waals surface area contributed by atoms with Crippen LogP contribution in [0.4, 0.5) is 4.39 Å². The molecule has 2 amide bonds. The summed E-state index contributed by atoms with van der Waals surface area (Å²) in [5.41, 5.74) is 1.84. The lowest BCUT2D eigenvalue weighted by Crippen LogP contribution is -2.40. The van der Waals surface area contributed by atoms with Gasteiger partial charge >= 0.3 is 0 Å². The van der Waals surface area contributed by atoms with Gasteiger partial charge in [0, 0.05) is 12.1 Å². The Balaban J connectivity index is 2.26. The molecule has 1 N–H and O–H groups in total. The predicted molar refractivity (Wildman–Crippen MR) is 81.8 cm³/mol. The van der Waals surface area contributed by atoms with Crippen molar-refractivity contribution in [2.75, 3.05) is 0 Å². The van der Waals surface area contributed by atoms with E-state index in [0.29, 0.717) is 12.3 Å². The Morgan fingerprint density at radius 3 is 2.64 bits per heavy atom. The first kappa shape index (κ1) is 16.6. The highest BCUT2D eigenvalue weighted by Gasteiger charge is 2.31. The van der Waals surface area contributed by atoms with E-state index in [4.69, 9.17) is 0 Å². The first-order valence-electron chi connectivity index (χ1n) is 7.95. The molecule has 1 aromatic rings. The van der Waals surface area contributed by atoms with Gasteiger partial charge in [-0.3, -0.25) is 19.9 Å². The minimum absolute atomic E-state index is 0.163. The maximum atomic E-state index is 14.4. The summed E-state index contributed by atoms with van der Waals surface area (Å²) in [6, 6.07) is 1.51. The van der Waals surface area contributed by atoms with Crippen molar-refractivity contribution in [2.24, 2.45) is 5.92 Å². The van der Waals surface area contributed by atoms with Crippen molar-refractivity contribution in [1.29, 1.82) is 0 Å². The molecule has 1 fully saturated rings. The van der Waals surface area contributed by atoms with E-state index in [2.05, 4.69) is 24.1 Å². The minimum Gasteiger partial charge on any atom is -0.296 e. The van der Waals surface area contributed by atoms with E-state index in [1.807, 2.05) is 6.92 Å². The largest absolute Gasteiger partial charge is 0.296 e. The second-order valence-corrected chi connectivity index (χ2v) is 5.99. The highest BCUT2D eigenvalue weighted by molar-refractivity contribution is 6.00. The fraction of sp³-hybridized carbons (Fsp3) is 0.588. The van der Waals surface area contributed by atoms with Gasteiger partial charge in [0.25, 0.3) is 0 Å². The van der Waals surface area contributed by atoms with Crippen LogP contribution in [0.2, 0.25) is 0 Å². The van der Waals surface area contributed by atoms with Crippen LogP contribution in [-0.4, -0.2) is 16.8 Å². The molecule has 0 saturated carbocycles. The summed E-state index contributed by atoms with van der Waals surface area (Å²) in [4.78, 5) is 27.4. The van der Waals surface area contributed by atoms with Gasteiger partial charge in [-0.1, -0.05) is 26.7 Å². The molecule has 1 aromatic heterocycles. The smallest absolute Gasteiger partial charge is 0.235 e. The zero-order valence-corrected chi connectivity index (χ0v) is 13.4. The quantitative estimate of drug-likeness (QED) is 0.851. The first-order chi connectivity index (χ1) is 10.5. The third-order valence-corrected chi connectivity index (χ3v) is 4.53. The maximum absolute atomic E-state index is 14.4. The van der Waals surface area contributed by atoms with Gasteiger partial charge in [-0.25, -0.2) is 4.39 Å².